The van der Waals surface area contributed by atoms with E-state index in [2.05, 4.69) is 15.5 Å². The normalized spacial score (nSPS) is 13.1. The Labute approximate surface area is 154 Å². The fraction of sp³-hybridized carbons (Fsp3) is 0.538. The number of sulfonamides is 1. The number of carbonyl (C=O) groups excluding carboxylic acids is 1. The lowest BCUT2D eigenvalue weighted by Gasteiger charge is -2.17. The predicted molar refractivity (Wildman–Crippen MR) is 90.6 cm³/mol. The van der Waals surface area contributed by atoms with Crippen LogP contribution in [0.4, 0.5) is 0 Å². The van der Waals surface area contributed by atoms with E-state index in [0.29, 0.717) is 4.88 Å². The lowest BCUT2D eigenvalue weighted by molar-refractivity contribution is -0.143. The summed E-state index contributed by atoms with van der Waals surface area (Å²) in [4.78, 5) is 17.2. The molecule has 13 heteroatoms. The highest BCUT2D eigenvalue weighted by Crippen LogP contribution is 2.30. The van der Waals surface area contributed by atoms with Gasteiger partial charge in [0.15, 0.2) is 6.29 Å². The van der Waals surface area contributed by atoms with Gasteiger partial charge in [0.1, 0.15) is 4.21 Å². The largest absolute Gasteiger partial charge is 0.356 e. The first-order valence-corrected chi connectivity index (χ1v) is 9.69. The first kappa shape index (κ1) is 20.4. The Morgan fingerprint density at radius 3 is 2.81 bits per heavy atom. The van der Waals surface area contributed by atoms with Gasteiger partial charge in [0.2, 0.25) is 5.82 Å². The van der Waals surface area contributed by atoms with E-state index in [1.54, 1.807) is 13.0 Å². The van der Waals surface area contributed by atoms with E-state index < -0.39 is 22.3 Å². The van der Waals surface area contributed by atoms with E-state index in [1.807, 2.05) is 0 Å². The summed E-state index contributed by atoms with van der Waals surface area (Å²) in [5.74, 6) is -0.473. The second-order valence-electron chi connectivity index (χ2n) is 5.08. The van der Waals surface area contributed by atoms with Crippen molar-refractivity contribution in [1.29, 1.82) is 0 Å². The molecule has 0 aliphatic carbocycles. The van der Waals surface area contributed by atoms with E-state index in [0.717, 1.165) is 16.2 Å². The van der Waals surface area contributed by atoms with Crippen LogP contribution in [0.2, 0.25) is 0 Å². The van der Waals surface area contributed by atoms with Crippen molar-refractivity contribution in [1.82, 2.24) is 24.7 Å². The number of aromatic nitrogens is 4. The summed E-state index contributed by atoms with van der Waals surface area (Å²) in [6, 6.07) is 2.98. The molecule has 2 aromatic heterocycles. The molecule has 0 amide bonds. The van der Waals surface area contributed by atoms with Crippen molar-refractivity contribution in [2.45, 2.75) is 24.3 Å². The summed E-state index contributed by atoms with van der Waals surface area (Å²) < 4.78 is 36.8. The molecule has 0 aromatic carbocycles. The Bertz CT molecular complexity index is 849. The molecule has 144 valence electrons. The average molecular weight is 405 g/mol. The summed E-state index contributed by atoms with van der Waals surface area (Å²) in [5, 5.41) is 10.7. The van der Waals surface area contributed by atoms with Gasteiger partial charge in [-0.3, -0.25) is 0 Å². The number of rotatable bonds is 9. The second-order valence-corrected chi connectivity index (χ2v) is 8.43. The van der Waals surface area contributed by atoms with Gasteiger partial charge in [-0.1, -0.05) is 0 Å². The second kappa shape index (κ2) is 8.64. The maximum absolute atomic E-state index is 12.6. The number of tetrazole rings is 1. The van der Waals surface area contributed by atoms with Crippen LogP contribution in [0.25, 0.3) is 10.7 Å². The number of methoxy groups -OCH3 is 1. The van der Waals surface area contributed by atoms with Gasteiger partial charge >= 0.3 is 5.97 Å². The number of ether oxygens (including phenoxy) is 2. The maximum Gasteiger partial charge on any atom is 0.332 e. The minimum atomic E-state index is -3.70. The van der Waals surface area contributed by atoms with Crippen molar-refractivity contribution >= 4 is 27.3 Å². The highest BCUT2D eigenvalue weighted by atomic mass is 32.2. The van der Waals surface area contributed by atoms with E-state index in [-0.39, 0.29) is 23.2 Å². The third kappa shape index (κ3) is 4.82. The SMILES string of the molecule is COC(C)OCCN(C)S(=O)(=O)c1ccc(-c2nnnn2OC(C)=O)s1. The smallest absolute Gasteiger partial charge is 0.332 e. The Morgan fingerprint density at radius 1 is 1.42 bits per heavy atom. The van der Waals surface area contributed by atoms with Crippen LogP contribution in [0.3, 0.4) is 0 Å². The van der Waals surface area contributed by atoms with Crippen molar-refractivity contribution in [2.75, 3.05) is 27.3 Å². The lowest BCUT2D eigenvalue weighted by atomic mass is 10.4. The molecule has 1 atom stereocenters. The topological polar surface area (TPSA) is 126 Å². The summed E-state index contributed by atoms with van der Waals surface area (Å²) in [6.45, 7) is 3.27. The minimum Gasteiger partial charge on any atom is -0.356 e. The molecule has 0 saturated heterocycles. The maximum atomic E-state index is 12.6. The molecule has 2 rings (SSSR count). The van der Waals surface area contributed by atoms with Gasteiger partial charge < -0.3 is 14.3 Å². The van der Waals surface area contributed by atoms with E-state index in [4.69, 9.17) is 14.3 Å². The number of carbonyl (C=O) groups is 1. The van der Waals surface area contributed by atoms with Crippen LogP contribution in [0.15, 0.2) is 16.3 Å². The van der Waals surface area contributed by atoms with Crippen molar-refractivity contribution in [2.24, 2.45) is 0 Å². The third-order valence-corrected chi connectivity index (χ3v) is 6.62. The Balaban J connectivity index is 2.12. The van der Waals surface area contributed by atoms with Gasteiger partial charge in [0.25, 0.3) is 10.0 Å². The fourth-order valence-electron chi connectivity index (χ4n) is 1.77. The standard InChI is InChI=1S/C13H19N5O6S2/c1-9(19)24-18-13(14-15-16-18)11-5-6-12(25-11)26(20,21)17(3)7-8-23-10(2)22-4/h5-6,10H,7-8H2,1-4H3. The molecule has 0 radical (unpaired) electrons. The zero-order valence-corrected chi connectivity index (χ0v) is 16.3. The minimum absolute atomic E-state index is 0.104. The quantitative estimate of drug-likeness (QED) is 0.419. The summed E-state index contributed by atoms with van der Waals surface area (Å²) in [7, 11) is -0.746. The van der Waals surface area contributed by atoms with Crippen LogP contribution in [-0.4, -0.2) is 72.7 Å². The summed E-state index contributed by atoms with van der Waals surface area (Å²) in [6.07, 6.45) is -0.417. The molecule has 26 heavy (non-hydrogen) atoms. The van der Waals surface area contributed by atoms with Crippen LogP contribution in [0.5, 0.6) is 0 Å². The van der Waals surface area contributed by atoms with Gasteiger partial charge in [-0.05, 0) is 34.3 Å². The molecule has 1 unspecified atom stereocenters. The molecule has 0 aliphatic rings. The lowest BCUT2D eigenvalue weighted by Crippen LogP contribution is -2.30. The molecule has 0 N–H and O–H groups in total. The highest BCUT2D eigenvalue weighted by molar-refractivity contribution is 7.91. The molecular formula is C13H19N5O6S2. The molecular weight excluding hydrogens is 386 g/mol. The first-order valence-electron chi connectivity index (χ1n) is 7.44. The number of thiophene rings is 1. The van der Waals surface area contributed by atoms with Crippen LogP contribution in [-0.2, 0) is 24.3 Å². The van der Waals surface area contributed by atoms with Gasteiger partial charge in [0.05, 0.1) is 11.5 Å². The van der Waals surface area contributed by atoms with Gasteiger partial charge in [-0.2, -0.15) is 4.31 Å². The van der Waals surface area contributed by atoms with Gasteiger partial charge in [-0.15, -0.1) is 16.4 Å². The Hall–Kier alpha value is -1.93. The monoisotopic (exact) mass is 405 g/mol. The summed E-state index contributed by atoms with van der Waals surface area (Å²) >= 11 is 0.962. The molecule has 11 nitrogen and oxygen atoms in total. The van der Waals surface area contributed by atoms with Gasteiger partial charge in [-0.25, -0.2) is 13.2 Å². The summed E-state index contributed by atoms with van der Waals surface area (Å²) in [5.41, 5.74) is 0. The zero-order valence-electron chi connectivity index (χ0n) is 14.6. The van der Waals surface area contributed by atoms with Crippen LogP contribution < -0.4 is 4.84 Å². The van der Waals surface area contributed by atoms with Crippen LogP contribution >= 0.6 is 11.3 Å². The highest BCUT2D eigenvalue weighted by Gasteiger charge is 2.24. The predicted octanol–water partition coefficient (Wildman–Crippen LogP) is 0.00620. The molecule has 0 saturated carbocycles. The molecule has 2 heterocycles. The zero-order chi connectivity index (χ0) is 19.3. The Morgan fingerprint density at radius 2 is 2.15 bits per heavy atom. The third-order valence-electron chi connectivity index (χ3n) is 3.21. The van der Waals surface area contributed by atoms with Crippen molar-refractivity contribution in [3.05, 3.63) is 12.1 Å². The van der Waals surface area contributed by atoms with Gasteiger partial charge in [0, 0.05) is 27.6 Å². The van der Waals surface area contributed by atoms with Crippen molar-refractivity contribution in [3.63, 3.8) is 0 Å². The van der Waals surface area contributed by atoms with Crippen LogP contribution in [0.1, 0.15) is 13.8 Å². The van der Waals surface area contributed by atoms with Crippen molar-refractivity contribution in [3.8, 4) is 10.7 Å². The average Bonchev–Trinajstić information content (AvgIpc) is 3.22. The molecule has 2 aromatic rings. The van der Waals surface area contributed by atoms with Crippen molar-refractivity contribution < 1.29 is 27.5 Å². The molecule has 0 aliphatic heterocycles. The first-order chi connectivity index (χ1) is 12.3. The van der Waals surface area contributed by atoms with Crippen LogP contribution in [0, 0.1) is 0 Å². The Kier molecular flexibility index (Phi) is 6.77. The van der Waals surface area contributed by atoms with E-state index in [9.17, 15) is 13.2 Å². The van der Waals surface area contributed by atoms with E-state index in [1.165, 1.54) is 31.5 Å². The number of likely N-dealkylation sites (N-methyl/N-ethyl adjacent to an activating group) is 1. The molecule has 0 fully saturated rings. The fourth-order valence-corrected chi connectivity index (χ4v) is 4.41. The number of nitrogens with zero attached hydrogens (tertiary/aromatic N) is 5. The van der Waals surface area contributed by atoms with E-state index >= 15 is 0 Å². The number of hydrogen-bond acceptors (Lipinski definition) is 10. The molecule has 0 bridgehead atoms. The molecule has 0 spiro atoms. The number of hydrogen-bond donors (Lipinski definition) is 0.